The van der Waals surface area contributed by atoms with Gasteiger partial charge in [0.2, 0.25) is 5.91 Å². The van der Waals surface area contributed by atoms with Crippen molar-refractivity contribution in [3.63, 3.8) is 0 Å². The monoisotopic (exact) mass is 255 g/mol. The fraction of sp³-hybridized carbons (Fsp3) is 0.500. The Labute approximate surface area is 105 Å². The number of thiophene rings is 1. The molecule has 2 N–H and O–H groups in total. The van der Waals surface area contributed by atoms with Crippen LogP contribution in [0.5, 0.6) is 0 Å². The fourth-order valence-electron chi connectivity index (χ4n) is 1.44. The zero-order chi connectivity index (χ0) is 12.7. The second-order valence-corrected chi connectivity index (χ2v) is 5.12. The van der Waals surface area contributed by atoms with E-state index in [2.05, 4.69) is 18.3 Å². The van der Waals surface area contributed by atoms with E-state index in [1.165, 1.54) is 4.88 Å². The van der Waals surface area contributed by atoms with Gasteiger partial charge in [-0.1, -0.05) is 13.0 Å². The summed E-state index contributed by atoms with van der Waals surface area (Å²) in [4.78, 5) is 22.9. The largest absolute Gasteiger partial charge is 0.481 e. The van der Waals surface area contributed by atoms with Crippen molar-refractivity contribution in [3.05, 3.63) is 22.4 Å². The molecule has 0 saturated carbocycles. The van der Waals surface area contributed by atoms with E-state index in [1.807, 2.05) is 11.4 Å². The smallest absolute Gasteiger partial charge is 0.303 e. The van der Waals surface area contributed by atoms with E-state index in [1.54, 1.807) is 11.3 Å². The molecule has 1 aromatic heterocycles. The van der Waals surface area contributed by atoms with Gasteiger partial charge in [-0.2, -0.15) is 0 Å². The molecule has 0 radical (unpaired) electrons. The van der Waals surface area contributed by atoms with Crippen LogP contribution in [0.15, 0.2) is 17.5 Å². The first-order valence-corrected chi connectivity index (χ1v) is 6.46. The van der Waals surface area contributed by atoms with Crippen molar-refractivity contribution in [1.29, 1.82) is 0 Å². The molecule has 0 saturated heterocycles. The van der Waals surface area contributed by atoms with Gasteiger partial charge < -0.3 is 10.4 Å². The van der Waals surface area contributed by atoms with Crippen molar-refractivity contribution in [2.75, 3.05) is 6.54 Å². The van der Waals surface area contributed by atoms with Crippen molar-refractivity contribution < 1.29 is 14.7 Å². The third kappa shape index (κ3) is 6.06. The van der Waals surface area contributed by atoms with Crippen molar-refractivity contribution >= 4 is 23.2 Å². The van der Waals surface area contributed by atoms with E-state index in [0.29, 0.717) is 12.5 Å². The maximum Gasteiger partial charge on any atom is 0.303 e. The molecule has 1 rings (SSSR count). The minimum atomic E-state index is -0.938. The van der Waals surface area contributed by atoms with Gasteiger partial charge in [-0.05, 0) is 23.8 Å². The average Bonchev–Trinajstić information content (AvgIpc) is 2.76. The highest BCUT2D eigenvalue weighted by molar-refractivity contribution is 7.09. The van der Waals surface area contributed by atoms with Crippen LogP contribution in [0.4, 0.5) is 0 Å². The van der Waals surface area contributed by atoms with E-state index < -0.39 is 5.97 Å². The molecule has 17 heavy (non-hydrogen) atoms. The second kappa shape index (κ2) is 7.06. The summed E-state index contributed by atoms with van der Waals surface area (Å²) in [5.41, 5.74) is 0. The minimum absolute atomic E-state index is 0.0566. The number of hydrogen-bond acceptors (Lipinski definition) is 3. The van der Waals surface area contributed by atoms with Gasteiger partial charge in [0.05, 0.1) is 6.42 Å². The van der Waals surface area contributed by atoms with E-state index in [9.17, 15) is 9.59 Å². The number of carboxylic acid groups (broad SMARTS) is 1. The molecular formula is C12H17NO3S. The predicted molar refractivity (Wildman–Crippen MR) is 67.1 cm³/mol. The Hall–Kier alpha value is -1.36. The molecule has 1 amide bonds. The van der Waals surface area contributed by atoms with Gasteiger partial charge in [-0.25, -0.2) is 0 Å². The molecule has 1 aromatic rings. The summed E-state index contributed by atoms with van der Waals surface area (Å²) in [5, 5.41) is 13.2. The normalized spacial score (nSPS) is 12.1. The third-order valence-electron chi connectivity index (χ3n) is 2.34. The van der Waals surface area contributed by atoms with E-state index in [-0.39, 0.29) is 18.7 Å². The molecule has 0 aliphatic heterocycles. The van der Waals surface area contributed by atoms with Crippen LogP contribution in [-0.4, -0.2) is 23.5 Å². The number of carboxylic acids is 1. The number of aliphatic carboxylic acids is 1. The average molecular weight is 255 g/mol. The Kier molecular flexibility index (Phi) is 5.69. The molecule has 94 valence electrons. The van der Waals surface area contributed by atoms with Gasteiger partial charge in [0, 0.05) is 17.8 Å². The Bertz CT molecular complexity index is 362. The van der Waals surface area contributed by atoms with Crippen LogP contribution in [0.2, 0.25) is 0 Å². The summed E-state index contributed by atoms with van der Waals surface area (Å²) in [7, 11) is 0. The van der Waals surface area contributed by atoms with Crippen LogP contribution in [0.1, 0.15) is 24.6 Å². The lowest BCUT2D eigenvalue weighted by Crippen LogP contribution is -2.29. The molecule has 0 fully saturated rings. The van der Waals surface area contributed by atoms with Crippen molar-refractivity contribution in [2.24, 2.45) is 5.92 Å². The summed E-state index contributed by atoms with van der Waals surface area (Å²) in [6, 6.07) is 4.09. The summed E-state index contributed by atoms with van der Waals surface area (Å²) >= 11 is 1.71. The Morgan fingerprint density at radius 2 is 2.24 bits per heavy atom. The quantitative estimate of drug-likeness (QED) is 0.782. The molecule has 0 aromatic carbocycles. The zero-order valence-corrected chi connectivity index (χ0v) is 10.6. The third-order valence-corrected chi connectivity index (χ3v) is 3.24. The van der Waals surface area contributed by atoms with Crippen molar-refractivity contribution in [1.82, 2.24) is 5.32 Å². The molecule has 1 unspecified atom stereocenters. The predicted octanol–water partition coefficient (Wildman–Crippen LogP) is 1.91. The van der Waals surface area contributed by atoms with E-state index >= 15 is 0 Å². The summed E-state index contributed by atoms with van der Waals surface area (Å²) in [6.45, 7) is 2.66. The summed E-state index contributed by atoms with van der Waals surface area (Å²) < 4.78 is 0. The van der Waals surface area contributed by atoms with Crippen LogP contribution in [0.3, 0.4) is 0 Å². The maximum absolute atomic E-state index is 11.3. The molecule has 1 heterocycles. The molecule has 4 nitrogen and oxygen atoms in total. The fourth-order valence-corrected chi connectivity index (χ4v) is 2.31. The molecular weight excluding hydrogens is 238 g/mol. The number of amides is 1. The van der Waals surface area contributed by atoms with Crippen molar-refractivity contribution in [2.45, 2.75) is 26.2 Å². The lowest BCUT2D eigenvalue weighted by Gasteiger charge is -2.11. The molecule has 0 bridgehead atoms. The first-order valence-electron chi connectivity index (χ1n) is 5.59. The Morgan fingerprint density at radius 3 is 2.82 bits per heavy atom. The topological polar surface area (TPSA) is 66.4 Å². The van der Waals surface area contributed by atoms with Gasteiger partial charge >= 0.3 is 5.97 Å². The van der Waals surface area contributed by atoms with Gasteiger partial charge in [0.15, 0.2) is 0 Å². The Morgan fingerprint density at radius 1 is 1.47 bits per heavy atom. The van der Waals surface area contributed by atoms with E-state index in [4.69, 9.17) is 5.11 Å². The molecule has 1 atom stereocenters. The van der Waals surface area contributed by atoms with Crippen LogP contribution in [0, 0.1) is 5.92 Å². The van der Waals surface area contributed by atoms with Crippen LogP contribution >= 0.6 is 11.3 Å². The highest BCUT2D eigenvalue weighted by Crippen LogP contribution is 2.13. The van der Waals surface area contributed by atoms with Gasteiger partial charge in [-0.15, -0.1) is 11.3 Å². The molecule has 0 aliphatic carbocycles. The number of hydrogen-bond donors (Lipinski definition) is 2. The molecule has 0 spiro atoms. The lowest BCUT2D eigenvalue weighted by molar-refractivity contribution is -0.138. The highest BCUT2D eigenvalue weighted by atomic mass is 32.1. The second-order valence-electron chi connectivity index (χ2n) is 4.09. The summed E-state index contributed by atoms with van der Waals surface area (Å²) in [5.74, 6) is -0.764. The lowest BCUT2D eigenvalue weighted by atomic mass is 10.1. The van der Waals surface area contributed by atoms with Gasteiger partial charge in [0.25, 0.3) is 0 Å². The van der Waals surface area contributed by atoms with Gasteiger partial charge in [0.1, 0.15) is 0 Å². The van der Waals surface area contributed by atoms with E-state index in [0.717, 1.165) is 6.42 Å². The number of carbonyl (C=O) groups excluding carboxylic acids is 1. The maximum atomic E-state index is 11.3. The number of nitrogens with one attached hydrogen (secondary N) is 1. The van der Waals surface area contributed by atoms with Crippen LogP contribution < -0.4 is 5.32 Å². The SMILES string of the molecule is CC(CNC(=O)CCC(=O)O)Cc1cccs1. The van der Waals surface area contributed by atoms with Crippen LogP contribution in [0.25, 0.3) is 0 Å². The molecule has 5 heteroatoms. The van der Waals surface area contributed by atoms with Gasteiger partial charge in [-0.3, -0.25) is 9.59 Å². The van der Waals surface area contributed by atoms with Crippen LogP contribution in [-0.2, 0) is 16.0 Å². The zero-order valence-electron chi connectivity index (χ0n) is 9.81. The summed E-state index contributed by atoms with van der Waals surface area (Å²) in [6.07, 6.45) is 0.892. The first-order chi connectivity index (χ1) is 8.08. The Balaban J connectivity index is 2.17. The number of rotatable bonds is 7. The van der Waals surface area contributed by atoms with Crippen molar-refractivity contribution in [3.8, 4) is 0 Å². The minimum Gasteiger partial charge on any atom is -0.481 e. The standard InChI is InChI=1S/C12H17NO3S/c1-9(7-10-3-2-6-17-10)8-13-11(14)4-5-12(15)16/h2-3,6,9H,4-5,7-8H2,1H3,(H,13,14)(H,15,16). The highest BCUT2D eigenvalue weighted by Gasteiger charge is 2.08. The molecule has 0 aliphatic rings. The first kappa shape index (κ1) is 13.7. The number of carbonyl (C=O) groups is 2.